The zero-order valence-corrected chi connectivity index (χ0v) is 11.1. The van der Waals surface area contributed by atoms with Gasteiger partial charge in [-0.1, -0.05) is 51.2 Å². The molecule has 0 atom stereocenters. The second kappa shape index (κ2) is 10.8. The van der Waals surface area contributed by atoms with Crippen molar-refractivity contribution in [1.29, 1.82) is 0 Å². The van der Waals surface area contributed by atoms with E-state index in [0.717, 1.165) is 12.8 Å². The van der Waals surface area contributed by atoms with Gasteiger partial charge in [0.2, 0.25) is 0 Å². The SMILES string of the molecule is CCCCCCCC/C=C\CC(C(=O)O)C(=O)O. The molecule has 0 fully saturated rings. The largest absolute Gasteiger partial charge is 0.481 e. The molecule has 0 unspecified atom stereocenters. The minimum Gasteiger partial charge on any atom is -0.481 e. The molecule has 0 aliphatic carbocycles. The van der Waals surface area contributed by atoms with Gasteiger partial charge >= 0.3 is 11.9 Å². The first-order chi connectivity index (χ1) is 8.59. The summed E-state index contributed by atoms with van der Waals surface area (Å²) in [7, 11) is 0. The van der Waals surface area contributed by atoms with Crippen LogP contribution in [0.3, 0.4) is 0 Å². The first-order valence-electron chi connectivity index (χ1n) is 6.70. The molecule has 0 aliphatic rings. The topological polar surface area (TPSA) is 74.6 Å². The van der Waals surface area contributed by atoms with E-state index in [0.29, 0.717) is 0 Å². The lowest BCUT2D eigenvalue weighted by molar-refractivity contribution is -0.154. The predicted octanol–water partition coefficient (Wildman–Crippen LogP) is 3.47. The molecule has 0 spiro atoms. The Morgan fingerprint density at radius 2 is 1.50 bits per heavy atom. The molecule has 0 saturated carbocycles. The predicted molar refractivity (Wildman–Crippen MR) is 70.5 cm³/mol. The monoisotopic (exact) mass is 256 g/mol. The molecule has 0 amide bonds. The number of aliphatic carboxylic acids is 2. The summed E-state index contributed by atoms with van der Waals surface area (Å²) in [4.78, 5) is 21.2. The van der Waals surface area contributed by atoms with Crippen LogP contribution in [0.4, 0.5) is 0 Å². The molecule has 2 N–H and O–H groups in total. The molecule has 4 nitrogen and oxygen atoms in total. The molecule has 4 heteroatoms. The van der Waals surface area contributed by atoms with Crippen LogP contribution in [0.25, 0.3) is 0 Å². The molecule has 0 saturated heterocycles. The molecule has 0 bridgehead atoms. The number of carboxylic acids is 2. The van der Waals surface area contributed by atoms with Crippen LogP contribution in [-0.4, -0.2) is 22.2 Å². The Hall–Kier alpha value is -1.32. The van der Waals surface area contributed by atoms with E-state index in [1.165, 1.54) is 32.1 Å². The van der Waals surface area contributed by atoms with E-state index >= 15 is 0 Å². The highest BCUT2D eigenvalue weighted by Crippen LogP contribution is 2.09. The number of hydrogen-bond acceptors (Lipinski definition) is 2. The second-order valence-corrected chi connectivity index (χ2v) is 4.49. The summed E-state index contributed by atoms with van der Waals surface area (Å²) in [6, 6.07) is 0. The summed E-state index contributed by atoms with van der Waals surface area (Å²) >= 11 is 0. The Labute approximate surface area is 109 Å². The minimum atomic E-state index is -1.31. The van der Waals surface area contributed by atoms with Gasteiger partial charge in [-0.15, -0.1) is 0 Å². The summed E-state index contributed by atoms with van der Waals surface area (Å²) in [6.07, 6.45) is 11.8. The summed E-state index contributed by atoms with van der Waals surface area (Å²) in [5.41, 5.74) is 0. The smallest absolute Gasteiger partial charge is 0.318 e. The van der Waals surface area contributed by atoms with Gasteiger partial charge in [-0.3, -0.25) is 9.59 Å². The van der Waals surface area contributed by atoms with E-state index in [2.05, 4.69) is 6.92 Å². The number of allylic oxidation sites excluding steroid dienone is 2. The van der Waals surface area contributed by atoms with Crippen LogP contribution >= 0.6 is 0 Å². The summed E-state index contributed by atoms with van der Waals surface area (Å²) < 4.78 is 0. The first-order valence-corrected chi connectivity index (χ1v) is 6.70. The van der Waals surface area contributed by atoms with Crippen molar-refractivity contribution in [2.24, 2.45) is 5.92 Å². The lowest BCUT2D eigenvalue weighted by atomic mass is 10.1. The number of carbonyl (C=O) groups is 2. The van der Waals surface area contributed by atoms with E-state index in [1.807, 2.05) is 6.08 Å². The van der Waals surface area contributed by atoms with Crippen molar-refractivity contribution in [3.63, 3.8) is 0 Å². The summed E-state index contributed by atoms with van der Waals surface area (Å²) in [5.74, 6) is -3.86. The van der Waals surface area contributed by atoms with Crippen molar-refractivity contribution in [3.05, 3.63) is 12.2 Å². The van der Waals surface area contributed by atoms with Crippen molar-refractivity contribution in [3.8, 4) is 0 Å². The average Bonchev–Trinajstić information content (AvgIpc) is 2.30. The minimum absolute atomic E-state index is 0.0699. The Morgan fingerprint density at radius 1 is 0.944 bits per heavy atom. The number of carboxylic acid groups (broad SMARTS) is 2. The maximum Gasteiger partial charge on any atom is 0.318 e. The first kappa shape index (κ1) is 16.7. The van der Waals surface area contributed by atoms with Crippen molar-refractivity contribution in [2.45, 2.75) is 58.3 Å². The van der Waals surface area contributed by atoms with Crippen molar-refractivity contribution in [1.82, 2.24) is 0 Å². The van der Waals surface area contributed by atoms with Crippen LogP contribution in [0.5, 0.6) is 0 Å². The third-order valence-corrected chi connectivity index (χ3v) is 2.86. The standard InChI is InChI=1S/C14H24O4/c1-2-3-4-5-6-7-8-9-10-11-12(13(15)16)14(17)18/h9-10,12H,2-8,11H2,1H3,(H,15,16)(H,17,18)/b10-9-. The highest BCUT2D eigenvalue weighted by atomic mass is 16.4. The van der Waals surface area contributed by atoms with Gasteiger partial charge in [-0.2, -0.15) is 0 Å². The van der Waals surface area contributed by atoms with Gasteiger partial charge in [0.15, 0.2) is 5.92 Å². The second-order valence-electron chi connectivity index (χ2n) is 4.49. The lowest BCUT2D eigenvalue weighted by Crippen LogP contribution is -2.22. The number of rotatable bonds is 11. The molecule has 0 radical (unpaired) electrons. The van der Waals surface area contributed by atoms with E-state index < -0.39 is 17.9 Å². The fourth-order valence-electron chi connectivity index (χ4n) is 1.70. The van der Waals surface area contributed by atoms with Crippen LogP contribution in [0, 0.1) is 5.92 Å². The van der Waals surface area contributed by atoms with Crippen LogP contribution in [0.15, 0.2) is 12.2 Å². The molecular weight excluding hydrogens is 232 g/mol. The lowest BCUT2D eigenvalue weighted by Gasteiger charge is -2.02. The highest BCUT2D eigenvalue weighted by molar-refractivity contribution is 5.92. The van der Waals surface area contributed by atoms with Crippen LogP contribution in [0.2, 0.25) is 0 Å². The van der Waals surface area contributed by atoms with Crippen LogP contribution < -0.4 is 0 Å². The Balaban J connectivity index is 3.58. The third-order valence-electron chi connectivity index (χ3n) is 2.86. The van der Waals surface area contributed by atoms with Crippen molar-refractivity contribution >= 4 is 11.9 Å². The van der Waals surface area contributed by atoms with Crippen LogP contribution in [0.1, 0.15) is 58.3 Å². The molecule has 104 valence electrons. The molecule has 0 aromatic heterocycles. The molecule has 0 rings (SSSR count). The molecular formula is C14H24O4. The fraction of sp³-hybridized carbons (Fsp3) is 0.714. The third kappa shape index (κ3) is 8.79. The Morgan fingerprint density at radius 3 is 2.06 bits per heavy atom. The molecule has 0 aromatic carbocycles. The Kier molecular flexibility index (Phi) is 10.0. The van der Waals surface area contributed by atoms with Gasteiger partial charge in [0, 0.05) is 0 Å². The maximum atomic E-state index is 10.6. The zero-order chi connectivity index (χ0) is 13.8. The van der Waals surface area contributed by atoms with Gasteiger partial charge in [0.25, 0.3) is 0 Å². The van der Waals surface area contributed by atoms with Crippen molar-refractivity contribution in [2.75, 3.05) is 0 Å². The zero-order valence-electron chi connectivity index (χ0n) is 11.1. The normalized spacial score (nSPS) is 11.2. The van der Waals surface area contributed by atoms with Gasteiger partial charge in [-0.05, 0) is 19.3 Å². The number of hydrogen-bond donors (Lipinski definition) is 2. The van der Waals surface area contributed by atoms with Crippen molar-refractivity contribution < 1.29 is 19.8 Å². The molecule has 0 aliphatic heterocycles. The summed E-state index contributed by atoms with van der Waals surface area (Å²) in [5, 5.41) is 17.3. The van der Waals surface area contributed by atoms with E-state index in [-0.39, 0.29) is 6.42 Å². The highest BCUT2D eigenvalue weighted by Gasteiger charge is 2.23. The maximum absolute atomic E-state index is 10.6. The number of unbranched alkanes of at least 4 members (excludes halogenated alkanes) is 6. The van der Waals surface area contributed by atoms with Crippen LogP contribution in [-0.2, 0) is 9.59 Å². The van der Waals surface area contributed by atoms with E-state index in [1.54, 1.807) is 6.08 Å². The molecule has 18 heavy (non-hydrogen) atoms. The fourth-order valence-corrected chi connectivity index (χ4v) is 1.70. The summed E-state index contributed by atoms with van der Waals surface area (Å²) in [6.45, 7) is 2.18. The molecule has 0 aromatic rings. The van der Waals surface area contributed by atoms with Gasteiger partial charge in [0.1, 0.15) is 0 Å². The van der Waals surface area contributed by atoms with Gasteiger partial charge < -0.3 is 10.2 Å². The van der Waals surface area contributed by atoms with E-state index in [4.69, 9.17) is 10.2 Å². The van der Waals surface area contributed by atoms with Gasteiger partial charge in [-0.25, -0.2) is 0 Å². The van der Waals surface area contributed by atoms with E-state index in [9.17, 15) is 9.59 Å². The van der Waals surface area contributed by atoms with Gasteiger partial charge in [0.05, 0.1) is 0 Å². The average molecular weight is 256 g/mol. The quantitative estimate of drug-likeness (QED) is 0.337. The molecule has 0 heterocycles. The Bertz CT molecular complexity index is 257.